The first-order valence-corrected chi connectivity index (χ1v) is 9.39. The van der Waals surface area contributed by atoms with E-state index in [0.717, 1.165) is 42.0 Å². The Labute approximate surface area is 136 Å². The number of anilines is 1. The van der Waals surface area contributed by atoms with Gasteiger partial charge < -0.3 is 5.32 Å². The number of halogens is 1. The van der Waals surface area contributed by atoms with Crippen LogP contribution in [0, 0.1) is 5.82 Å². The molecule has 0 radical (unpaired) electrons. The number of carbonyl (C=O) groups is 1. The van der Waals surface area contributed by atoms with Gasteiger partial charge in [0.1, 0.15) is 12.4 Å². The first kappa shape index (κ1) is 17.5. The number of allylic oxidation sites excluding steroid dienone is 1. The van der Waals surface area contributed by atoms with Crippen molar-refractivity contribution in [1.29, 1.82) is 0 Å². The van der Waals surface area contributed by atoms with Crippen LogP contribution in [0.1, 0.15) is 25.7 Å². The van der Waals surface area contributed by atoms with Crippen LogP contribution in [0.4, 0.5) is 10.1 Å². The largest absolute Gasteiger partial charge is 0.351 e. The fourth-order valence-electron chi connectivity index (χ4n) is 2.47. The minimum atomic E-state index is -3.63. The summed E-state index contributed by atoms with van der Waals surface area (Å²) in [4.78, 5) is 12.1. The van der Waals surface area contributed by atoms with Crippen molar-refractivity contribution in [3.8, 4) is 0 Å². The number of sulfonamides is 1. The molecule has 0 spiro atoms. The maximum absolute atomic E-state index is 13.0. The first-order valence-electron chi connectivity index (χ1n) is 7.54. The van der Waals surface area contributed by atoms with E-state index in [1.165, 1.54) is 24.1 Å². The predicted octanol–water partition coefficient (Wildman–Crippen LogP) is 2.21. The van der Waals surface area contributed by atoms with Gasteiger partial charge in [0.05, 0.1) is 11.9 Å². The number of hydrogen-bond acceptors (Lipinski definition) is 3. The average Bonchev–Trinajstić information content (AvgIpc) is 2.52. The van der Waals surface area contributed by atoms with Crippen LogP contribution in [0.25, 0.3) is 0 Å². The Morgan fingerprint density at radius 3 is 2.52 bits per heavy atom. The first-order chi connectivity index (χ1) is 10.9. The smallest absolute Gasteiger partial charge is 0.241 e. The second-order valence-corrected chi connectivity index (χ2v) is 7.54. The molecule has 0 fully saturated rings. The Morgan fingerprint density at radius 1 is 1.26 bits per heavy atom. The van der Waals surface area contributed by atoms with Crippen molar-refractivity contribution < 1.29 is 17.6 Å². The quantitative estimate of drug-likeness (QED) is 0.808. The van der Waals surface area contributed by atoms with Crippen LogP contribution in [-0.4, -0.2) is 33.7 Å². The van der Waals surface area contributed by atoms with Crippen LogP contribution >= 0.6 is 0 Å². The van der Waals surface area contributed by atoms with Gasteiger partial charge in [-0.3, -0.25) is 9.10 Å². The molecule has 1 aromatic rings. The van der Waals surface area contributed by atoms with Crippen LogP contribution in [0.3, 0.4) is 0 Å². The maximum Gasteiger partial charge on any atom is 0.241 e. The molecule has 1 amide bonds. The summed E-state index contributed by atoms with van der Waals surface area (Å²) in [5.41, 5.74) is 1.44. The fraction of sp³-hybridized carbons (Fsp3) is 0.438. The van der Waals surface area contributed by atoms with Gasteiger partial charge in [-0.05, 0) is 49.9 Å². The van der Waals surface area contributed by atoms with Crippen molar-refractivity contribution >= 4 is 21.6 Å². The zero-order valence-corrected chi connectivity index (χ0v) is 13.9. The van der Waals surface area contributed by atoms with Gasteiger partial charge in [-0.15, -0.1) is 0 Å². The molecule has 0 unspecified atom stereocenters. The molecule has 7 heteroatoms. The number of rotatable bonds is 6. The number of nitrogens with zero attached hydrogens (tertiary/aromatic N) is 1. The van der Waals surface area contributed by atoms with Gasteiger partial charge in [-0.1, -0.05) is 11.6 Å². The summed E-state index contributed by atoms with van der Waals surface area (Å²) in [6.07, 6.45) is 7.42. The highest BCUT2D eigenvalue weighted by molar-refractivity contribution is 7.92. The highest BCUT2D eigenvalue weighted by Crippen LogP contribution is 2.18. The number of amides is 1. The lowest BCUT2D eigenvalue weighted by Gasteiger charge is -2.22. The van der Waals surface area contributed by atoms with Crippen molar-refractivity contribution in [2.75, 3.05) is 23.7 Å². The van der Waals surface area contributed by atoms with E-state index in [4.69, 9.17) is 0 Å². The van der Waals surface area contributed by atoms with E-state index in [0.29, 0.717) is 6.54 Å². The molecule has 1 aliphatic carbocycles. The Hall–Kier alpha value is -1.89. The van der Waals surface area contributed by atoms with Gasteiger partial charge in [0.2, 0.25) is 15.9 Å². The molecule has 1 N–H and O–H groups in total. The van der Waals surface area contributed by atoms with Crippen molar-refractivity contribution in [2.45, 2.75) is 25.7 Å². The van der Waals surface area contributed by atoms with Gasteiger partial charge in [0.15, 0.2) is 0 Å². The highest BCUT2D eigenvalue weighted by Gasteiger charge is 2.21. The Morgan fingerprint density at radius 2 is 1.96 bits per heavy atom. The predicted molar refractivity (Wildman–Crippen MR) is 88.2 cm³/mol. The number of carbonyl (C=O) groups excluding carboxylic acids is 1. The summed E-state index contributed by atoms with van der Waals surface area (Å²) in [7, 11) is -3.63. The summed E-state index contributed by atoms with van der Waals surface area (Å²) < 4.78 is 37.7. The minimum Gasteiger partial charge on any atom is -0.351 e. The number of benzene rings is 1. The third-order valence-electron chi connectivity index (χ3n) is 3.70. The summed E-state index contributed by atoms with van der Waals surface area (Å²) in [5, 5.41) is 2.75. The molecular formula is C16H21FN2O3S. The van der Waals surface area contributed by atoms with E-state index in [1.54, 1.807) is 0 Å². The Kier molecular flexibility index (Phi) is 5.76. The van der Waals surface area contributed by atoms with E-state index in [9.17, 15) is 17.6 Å². The van der Waals surface area contributed by atoms with Crippen molar-refractivity contribution in [3.63, 3.8) is 0 Å². The van der Waals surface area contributed by atoms with Gasteiger partial charge in [-0.2, -0.15) is 0 Å². The zero-order valence-electron chi connectivity index (χ0n) is 13.1. The number of hydrogen-bond donors (Lipinski definition) is 1. The maximum atomic E-state index is 13.0. The second-order valence-electron chi connectivity index (χ2n) is 5.63. The average molecular weight is 340 g/mol. The summed E-state index contributed by atoms with van der Waals surface area (Å²) in [6.45, 7) is 0.123. The normalized spacial score (nSPS) is 15.0. The van der Waals surface area contributed by atoms with Crippen molar-refractivity contribution in [2.24, 2.45) is 0 Å². The molecule has 126 valence electrons. The SMILES string of the molecule is CS(=O)(=O)N(CC(=O)NCC1=CCCCC1)c1ccc(F)cc1. The molecule has 0 saturated carbocycles. The minimum absolute atomic E-state index is 0.265. The standard InChI is InChI=1S/C16H21FN2O3S/c1-23(21,22)19(15-9-7-14(17)8-10-15)12-16(20)18-11-13-5-3-2-4-6-13/h5,7-10H,2-4,6,11-12H2,1H3,(H,18,20). The summed E-state index contributed by atoms with van der Waals surface area (Å²) in [5.74, 6) is -0.845. The van der Waals surface area contributed by atoms with Crippen LogP contribution in [0.15, 0.2) is 35.9 Å². The molecule has 0 heterocycles. The summed E-state index contributed by atoms with van der Waals surface area (Å²) >= 11 is 0. The van der Waals surface area contributed by atoms with E-state index in [1.807, 2.05) is 0 Å². The molecule has 1 aliphatic rings. The molecule has 0 bridgehead atoms. The lowest BCUT2D eigenvalue weighted by Crippen LogP contribution is -2.41. The molecule has 0 saturated heterocycles. The topological polar surface area (TPSA) is 66.5 Å². The number of nitrogens with one attached hydrogen (secondary N) is 1. The van der Waals surface area contributed by atoms with Gasteiger partial charge in [0, 0.05) is 6.54 Å². The van der Waals surface area contributed by atoms with Crippen LogP contribution in [0.5, 0.6) is 0 Å². The lowest BCUT2D eigenvalue weighted by molar-refractivity contribution is -0.119. The summed E-state index contributed by atoms with van der Waals surface area (Å²) in [6, 6.07) is 5.01. The van der Waals surface area contributed by atoms with E-state index < -0.39 is 15.8 Å². The van der Waals surface area contributed by atoms with E-state index in [-0.39, 0.29) is 18.1 Å². The highest BCUT2D eigenvalue weighted by atomic mass is 32.2. The molecule has 0 atom stereocenters. The van der Waals surface area contributed by atoms with E-state index >= 15 is 0 Å². The third kappa shape index (κ3) is 5.35. The van der Waals surface area contributed by atoms with Gasteiger partial charge in [0.25, 0.3) is 0 Å². The molecular weight excluding hydrogens is 319 g/mol. The van der Waals surface area contributed by atoms with Crippen LogP contribution in [0.2, 0.25) is 0 Å². The second kappa shape index (κ2) is 7.59. The molecule has 0 aromatic heterocycles. The third-order valence-corrected chi connectivity index (χ3v) is 4.84. The molecule has 5 nitrogen and oxygen atoms in total. The Balaban J connectivity index is 2.01. The van der Waals surface area contributed by atoms with E-state index in [2.05, 4.69) is 11.4 Å². The van der Waals surface area contributed by atoms with Crippen molar-refractivity contribution in [1.82, 2.24) is 5.32 Å². The molecule has 1 aromatic carbocycles. The van der Waals surface area contributed by atoms with Crippen molar-refractivity contribution in [3.05, 3.63) is 41.7 Å². The van der Waals surface area contributed by atoms with Crippen LogP contribution in [-0.2, 0) is 14.8 Å². The van der Waals surface area contributed by atoms with Gasteiger partial charge >= 0.3 is 0 Å². The van der Waals surface area contributed by atoms with Gasteiger partial charge in [-0.25, -0.2) is 12.8 Å². The zero-order chi connectivity index (χ0) is 16.9. The monoisotopic (exact) mass is 340 g/mol. The van der Waals surface area contributed by atoms with Crippen LogP contribution < -0.4 is 9.62 Å². The molecule has 0 aliphatic heterocycles. The molecule has 23 heavy (non-hydrogen) atoms. The Bertz CT molecular complexity index is 684. The molecule has 2 rings (SSSR count). The fourth-order valence-corrected chi connectivity index (χ4v) is 3.33. The lowest BCUT2D eigenvalue weighted by atomic mass is 10.00.